The van der Waals surface area contributed by atoms with E-state index in [1.807, 2.05) is 16.7 Å². The molecule has 1 saturated heterocycles. The summed E-state index contributed by atoms with van der Waals surface area (Å²) in [6.45, 7) is 6.32. The molecule has 1 aliphatic heterocycles. The minimum absolute atomic E-state index is 0.123. The van der Waals surface area contributed by atoms with E-state index in [4.69, 9.17) is 0 Å². The van der Waals surface area contributed by atoms with Crippen LogP contribution < -0.4 is 0 Å². The fraction of sp³-hybridized carbons (Fsp3) is 0.571. The van der Waals surface area contributed by atoms with Crippen molar-refractivity contribution in [3.63, 3.8) is 0 Å². The van der Waals surface area contributed by atoms with Crippen molar-refractivity contribution in [3.8, 4) is 0 Å². The van der Waals surface area contributed by atoms with Gasteiger partial charge in [0.25, 0.3) is 5.91 Å². The standard InChI is InChI=1S/C14H20N2OS/c1-14(2,3)16(12-6-9-18-10-12)13(17)11-4-7-15-8-5-11/h4-5,7-8,12H,6,9-10H2,1-3H3/t12-/m0/s1. The molecular formula is C14H20N2OS. The number of carbonyl (C=O) groups is 1. The number of carbonyl (C=O) groups excluding carboxylic acids is 1. The summed E-state index contributed by atoms with van der Waals surface area (Å²) in [6, 6.07) is 3.95. The molecule has 0 aliphatic carbocycles. The number of rotatable bonds is 2. The van der Waals surface area contributed by atoms with Gasteiger partial charge in [-0.3, -0.25) is 9.78 Å². The van der Waals surface area contributed by atoms with Gasteiger partial charge in [0.15, 0.2) is 0 Å². The van der Waals surface area contributed by atoms with Crippen LogP contribution in [0.4, 0.5) is 0 Å². The molecule has 0 radical (unpaired) electrons. The van der Waals surface area contributed by atoms with E-state index >= 15 is 0 Å². The van der Waals surface area contributed by atoms with Gasteiger partial charge in [-0.05, 0) is 45.1 Å². The van der Waals surface area contributed by atoms with Gasteiger partial charge in [0.2, 0.25) is 0 Å². The van der Waals surface area contributed by atoms with E-state index in [0.717, 1.165) is 23.5 Å². The van der Waals surface area contributed by atoms with Crippen LogP contribution in [-0.4, -0.2) is 38.9 Å². The highest BCUT2D eigenvalue weighted by atomic mass is 32.2. The quantitative estimate of drug-likeness (QED) is 0.823. The molecule has 0 spiro atoms. The minimum Gasteiger partial charge on any atom is -0.330 e. The average molecular weight is 264 g/mol. The molecule has 1 aromatic heterocycles. The summed E-state index contributed by atoms with van der Waals surface area (Å²) in [5, 5.41) is 0. The molecule has 2 heterocycles. The maximum atomic E-state index is 12.7. The number of aromatic nitrogens is 1. The van der Waals surface area contributed by atoms with Crippen LogP contribution >= 0.6 is 11.8 Å². The summed E-state index contributed by atoms with van der Waals surface area (Å²) in [5.41, 5.74) is 0.590. The van der Waals surface area contributed by atoms with E-state index in [-0.39, 0.29) is 11.4 Å². The maximum absolute atomic E-state index is 12.7. The predicted octanol–water partition coefficient (Wildman–Crippen LogP) is 2.83. The first-order chi connectivity index (χ1) is 8.50. The second-order valence-electron chi connectivity index (χ2n) is 5.60. The van der Waals surface area contributed by atoms with E-state index in [9.17, 15) is 4.79 Å². The molecule has 0 saturated carbocycles. The highest BCUT2D eigenvalue weighted by molar-refractivity contribution is 7.99. The van der Waals surface area contributed by atoms with Gasteiger partial charge >= 0.3 is 0 Å². The Bertz CT molecular complexity index is 408. The van der Waals surface area contributed by atoms with Crippen molar-refractivity contribution < 1.29 is 4.79 Å². The number of hydrogen-bond donors (Lipinski definition) is 0. The number of thioether (sulfide) groups is 1. The Morgan fingerprint density at radius 3 is 2.56 bits per heavy atom. The van der Waals surface area contributed by atoms with Crippen LogP contribution in [0.15, 0.2) is 24.5 Å². The van der Waals surface area contributed by atoms with Gasteiger partial charge in [0.1, 0.15) is 0 Å². The monoisotopic (exact) mass is 264 g/mol. The fourth-order valence-electron chi connectivity index (χ4n) is 2.38. The lowest BCUT2D eigenvalue weighted by Crippen LogP contribution is -2.51. The zero-order valence-electron chi connectivity index (χ0n) is 11.2. The van der Waals surface area contributed by atoms with Gasteiger partial charge in [-0.2, -0.15) is 11.8 Å². The zero-order valence-corrected chi connectivity index (χ0v) is 12.0. The van der Waals surface area contributed by atoms with Crippen LogP contribution in [0.25, 0.3) is 0 Å². The van der Waals surface area contributed by atoms with Crippen LogP contribution in [0.2, 0.25) is 0 Å². The molecule has 18 heavy (non-hydrogen) atoms. The maximum Gasteiger partial charge on any atom is 0.254 e. The Morgan fingerprint density at radius 2 is 2.06 bits per heavy atom. The molecule has 1 aromatic rings. The molecular weight excluding hydrogens is 244 g/mol. The van der Waals surface area contributed by atoms with E-state index in [1.54, 1.807) is 24.5 Å². The van der Waals surface area contributed by atoms with E-state index in [1.165, 1.54) is 0 Å². The molecule has 1 atom stereocenters. The van der Waals surface area contributed by atoms with Crippen molar-refractivity contribution >= 4 is 17.7 Å². The van der Waals surface area contributed by atoms with Crippen molar-refractivity contribution in [1.82, 2.24) is 9.88 Å². The molecule has 0 aromatic carbocycles. The minimum atomic E-state index is -0.143. The van der Waals surface area contributed by atoms with Crippen molar-refractivity contribution in [3.05, 3.63) is 30.1 Å². The molecule has 3 nitrogen and oxygen atoms in total. The van der Waals surface area contributed by atoms with Gasteiger partial charge in [-0.25, -0.2) is 0 Å². The Hall–Kier alpha value is -1.03. The second-order valence-corrected chi connectivity index (χ2v) is 6.75. The summed E-state index contributed by atoms with van der Waals surface area (Å²) in [7, 11) is 0. The molecule has 1 fully saturated rings. The Kier molecular flexibility index (Phi) is 3.95. The largest absolute Gasteiger partial charge is 0.330 e. The molecule has 1 amide bonds. The van der Waals surface area contributed by atoms with Gasteiger partial charge in [-0.1, -0.05) is 0 Å². The third-order valence-corrected chi connectivity index (χ3v) is 4.28. The molecule has 0 unspecified atom stereocenters. The van der Waals surface area contributed by atoms with Crippen LogP contribution in [0, 0.1) is 0 Å². The summed E-state index contributed by atoms with van der Waals surface area (Å²) < 4.78 is 0. The van der Waals surface area contributed by atoms with E-state index in [2.05, 4.69) is 25.8 Å². The third kappa shape index (κ3) is 2.86. The molecule has 0 N–H and O–H groups in total. The van der Waals surface area contributed by atoms with Crippen LogP contribution in [0.1, 0.15) is 37.6 Å². The molecule has 98 valence electrons. The Morgan fingerprint density at radius 1 is 1.39 bits per heavy atom. The highest BCUT2D eigenvalue weighted by Gasteiger charge is 2.35. The van der Waals surface area contributed by atoms with Crippen molar-refractivity contribution in [2.24, 2.45) is 0 Å². The van der Waals surface area contributed by atoms with Crippen molar-refractivity contribution in [1.29, 1.82) is 0 Å². The van der Waals surface area contributed by atoms with Gasteiger partial charge in [0, 0.05) is 35.3 Å². The van der Waals surface area contributed by atoms with Gasteiger partial charge in [-0.15, -0.1) is 0 Å². The first-order valence-electron chi connectivity index (χ1n) is 6.31. The SMILES string of the molecule is CC(C)(C)N(C(=O)c1ccncc1)[C@H]1CCSC1. The lowest BCUT2D eigenvalue weighted by molar-refractivity contribution is 0.0474. The van der Waals surface area contributed by atoms with Crippen LogP contribution in [0.5, 0.6) is 0 Å². The van der Waals surface area contributed by atoms with Gasteiger partial charge < -0.3 is 4.90 Å². The first-order valence-corrected chi connectivity index (χ1v) is 7.47. The zero-order chi connectivity index (χ0) is 13.2. The molecule has 1 aliphatic rings. The molecule has 4 heteroatoms. The molecule has 2 rings (SSSR count). The molecule has 0 bridgehead atoms. The van der Waals surface area contributed by atoms with Crippen LogP contribution in [0.3, 0.4) is 0 Å². The number of amides is 1. The lowest BCUT2D eigenvalue weighted by Gasteiger charge is -2.40. The lowest BCUT2D eigenvalue weighted by atomic mass is 10.00. The van der Waals surface area contributed by atoms with E-state index < -0.39 is 0 Å². The second kappa shape index (κ2) is 5.31. The van der Waals surface area contributed by atoms with Crippen molar-refractivity contribution in [2.75, 3.05) is 11.5 Å². The normalized spacial score (nSPS) is 19.8. The third-order valence-electron chi connectivity index (χ3n) is 3.14. The summed E-state index contributed by atoms with van der Waals surface area (Å²) in [4.78, 5) is 18.7. The topological polar surface area (TPSA) is 33.2 Å². The summed E-state index contributed by atoms with van der Waals surface area (Å²) in [5.74, 6) is 2.33. The average Bonchev–Trinajstić information content (AvgIpc) is 2.82. The van der Waals surface area contributed by atoms with Crippen molar-refractivity contribution in [2.45, 2.75) is 38.8 Å². The van der Waals surface area contributed by atoms with Crippen LogP contribution in [-0.2, 0) is 0 Å². The fourth-order valence-corrected chi connectivity index (χ4v) is 3.57. The number of pyridine rings is 1. The number of nitrogens with zero attached hydrogens (tertiary/aromatic N) is 2. The number of hydrogen-bond acceptors (Lipinski definition) is 3. The summed E-state index contributed by atoms with van der Waals surface area (Å²) in [6.07, 6.45) is 4.45. The summed E-state index contributed by atoms with van der Waals surface area (Å²) >= 11 is 1.93. The van der Waals surface area contributed by atoms with E-state index in [0.29, 0.717) is 6.04 Å². The Balaban J connectivity index is 2.27. The highest BCUT2D eigenvalue weighted by Crippen LogP contribution is 2.29. The van der Waals surface area contributed by atoms with Gasteiger partial charge in [0.05, 0.1) is 0 Å². The smallest absolute Gasteiger partial charge is 0.254 e. The Labute approximate surface area is 113 Å². The first kappa shape index (κ1) is 13.4. The predicted molar refractivity (Wildman–Crippen MR) is 75.9 cm³/mol.